The molecule has 1 N–H and O–H groups in total. The highest BCUT2D eigenvalue weighted by Crippen LogP contribution is 2.36. The van der Waals surface area contributed by atoms with Gasteiger partial charge in [-0.15, -0.1) is 0 Å². The lowest BCUT2D eigenvalue weighted by Crippen LogP contribution is -2.48. The van der Waals surface area contributed by atoms with Crippen LogP contribution in [0.1, 0.15) is 25.8 Å². The van der Waals surface area contributed by atoms with Crippen LogP contribution in [-0.4, -0.2) is 97.3 Å². The van der Waals surface area contributed by atoms with Crippen molar-refractivity contribution < 1.29 is 24.2 Å². The van der Waals surface area contributed by atoms with Crippen LogP contribution in [0.5, 0.6) is 5.75 Å². The standard InChI is InChI=1S/C23H33N3O5/c1-17(2)31-16-6-9-26-22(28)20(18-7-4-5-8-19(18)30-3)21(23(26)29)25-12-10-24(11-13-25)14-15-27/h4-5,7-8,17,27H,6,9-16H2,1-3H3. The third-order valence-electron chi connectivity index (χ3n) is 5.60. The summed E-state index contributed by atoms with van der Waals surface area (Å²) in [6.07, 6.45) is 0.699. The van der Waals surface area contributed by atoms with Gasteiger partial charge in [0.25, 0.3) is 11.8 Å². The molecule has 0 aliphatic carbocycles. The molecule has 0 spiro atoms. The molecule has 0 atom stereocenters. The van der Waals surface area contributed by atoms with Gasteiger partial charge in [-0.2, -0.15) is 0 Å². The predicted molar refractivity (Wildman–Crippen MR) is 117 cm³/mol. The summed E-state index contributed by atoms with van der Waals surface area (Å²) >= 11 is 0. The summed E-state index contributed by atoms with van der Waals surface area (Å²) in [5.41, 5.74) is 1.49. The first-order chi connectivity index (χ1) is 15.0. The second kappa shape index (κ2) is 10.7. The maximum Gasteiger partial charge on any atom is 0.277 e. The first kappa shape index (κ1) is 23.2. The Morgan fingerprint density at radius 3 is 2.39 bits per heavy atom. The minimum atomic E-state index is -0.285. The summed E-state index contributed by atoms with van der Waals surface area (Å²) < 4.78 is 11.1. The number of hydrogen-bond donors (Lipinski definition) is 1. The summed E-state index contributed by atoms with van der Waals surface area (Å²) in [6.45, 7) is 8.16. The van der Waals surface area contributed by atoms with E-state index in [1.807, 2.05) is 36.9 Å². The van der Waals surface area contributed by atoms with Crippen LogP contribution in [0.3, 0.4) is 0 Å². The molecular formula is C23H33N3O5. The molecule has 0 unspecified atom stereocenters. The Bertz CT molecular complexity index is 815. The number of nitrogens with zero attached hydrogens (tertiary/aromatic N) is 3. The molecule has 1 fully saturated rings. The molecule has 8 nitrogen and oxygen atoms in total. The molecule has 1 saturated heterocycles. The molecule has 3 rings (SSSR count). The minimum absolute atomic E-state index is 0.109. The van der Waals surface area contributed by atoms with E-state index in [-0.39, 0.29) is 24.5 Å². The Morgan fingerprint density at radius 2 is 1.74 bits per heavy atom. The maximum absolute atomic E-state index is 13.4. The Labute approximate surface area is 184 Å². The highest BCUT2D eigenvalue weighted by Gasteiger charge is 2.42. The van der Waals surface area contributed by atoms with E-state index in [0.717, 1.165) is 13.1 Å². The van der Waals surface area contributed by atoms with Gasteiger partial charge in [0.2, 0.25) is 0 Å². The molecule has 0 saturated carbocycles. The number of hydrogen-bond acceptors (Lipinski definition) is 7. The number of piperazine rings is 1. The second-order valence-electron chi connectivity index (χ2n) is 8.01. The highest BCUT2D eigenvalue weighted by molar-refractivity contribution is 6.36. The van der Waals surface area contributed by atoms with E-state index >= 15 is 0 Å². The number of amides is 2. The monoisotopic (exact) mass is 431 g/mol. The van der Waals surface area contributed by atoms with Crippen LogP contribution in [0.2, 0.25) is 0 Å². The van der Waals surface area contributed by atoms with Gasteiger partial charge in [-0.1, -0.05) is 18.2 Å². The molecule has 2 aliphatic heterocycles. The van der Waals surface area contributed by atoms with Crippen LogP contribution in [0.15, 0.2) is 30.0 Å². The molecule has 0 aromatic heterocycles. The zero-order chi connectivity index (χ0) is 22.4. The molecule has 31 heavy (non-hydrogen) atoms. The zero-order valence-corrected chi connectivity index (χ0v) is 18.7. The molecule has 1 aromatic rings. The van der Waals surface area contributed by atoms with Gasteiger partial charge < -0.3 is 19.5 Å². The van der Waals surface area contributed by atoms with Crippen molar-refractivity contribution >= 4 is 17.4 Å². The number of rotatable bonds is 10. The van der Waals surface area contributed by atoms with Crippen LogP contribution in [0, 0.1) is 0 Å². The lowest BCUT2D eigenvalue weighted by atomic mass is 10.0. The molecule has 2 aliphatic rings. The molecule has 0 bridgehead atoms. The van der Waals surface area contributed by atoms with Gasteiger partial charge in [0.05, 0.1) is 25.4 Å². The summed E-state index contributed by atoms with van der Waals surface area (Å²) in [5, 5.41) is 9.20. The lowest BCUT2D eigenvalue weighted by molar-refractivity contribution is -0.137. The molecule has 170 valence electrons. The fourth-order valence-electron chi connectivity index (χ4n) is 4.03. The van der Waals surface area contributed by atoms with Gasteiger partial charge in [0.15, 0.2) is 0 Å². The summed E-state index contributed by atoms with van der Waals surface area (Å²) in [4.78, 5) is 32.3. The Hall–Kier alpha value is -2.42. The highest BCUT2D eigenvalue weighted by atomic mass is 16.5. The number of β-amino-alcohol motifs (C(OH)–C–C–N with tert-alkyl or cyclic N) is 1. The first-order valence-electron chi connectivity index (χ1n) is 10.9. The zero-order valence-electron chi connectivity index (χ0n) is 18.7. The number of methoxy groups -OCH3 is 1. The summed E-state index contributed by atoms with van der Waals surface area (Å²) in [6, 6.07) is 7.32. The molecule has 0 radical (unpaired) electrons. The van der Waals surface area contributed by atoms with E-state index in [9.17, 15) is 14.7 Å². The van der Waals surface area contributed by atoms with Gasteiger partial charge in [-0.05, 0) is 26.3 Å². The normalized spacial score (nSPS) is 18.0. The predicted octanol–water partition coefficient (Wildman–Crippen LogP) is 1.20. The van der Waals surface area contributed by atoms with Gasteiger partial charge in [-0.3, -0.25) is 19.4 Å². The van der Waals surface area contributed by atoms with Crippen molar-refractivity contribution in [3.8, 4) is 5.75 Å². The topological polar surface area (TPSA) is 82.6 Å². The number of imide groups is 1. The second-order valence-corrected chi connectivity index (χ2v) is 8.01. The number of benzene rings is 1. The average Bonchev–Trinajstić information content (AvgIpc) is 3.01. The first-order valence-corrected chi connectivity index (χ1v) is 10.9. The van der Waals surface area contributed by atoms with E-state index in [1.54, 1.807) is 13.2 Å². The molecule has 2 heterocycles. The summed E-state index contributed by atoms with van der Waals surface area (Å²) in [5.74, 6) is 0.0259. The van der Waals surface area contributed by atoms with Crippen molar-refractivity contribution in [2.45, 2.75) is 26.4 Å². The van der Waals surface area contributed by atoms with Gasteiger partial charge in [-0.25, -0.2) is 0 Å². The van der Waals surface area contributed by atoms with Crippen molar-refractivity contribution in [3.05, 3.63) is 35.5 Å². The number of aliphatic hydroxyl groups excluding tert-OH is 1. The van der Waals surface area contributed by atoms with Crippen molar-refractivity contribution in [2.75, 3.05) is 59.6 Å². The molecule has 1 aromatic carbocycles. The fraction of sp³-hybridized carbons (Fsp3) is 0.565. The lowest BCUT2D eigenvalue weighted by Gasteiger charge is -2.36. The largest absolute Gasteiger partial charge is 0.496 e. The molecule has 2 amide bonds. The van der Waals surface area contributed by atoms with E-state index in [0.29, 0.717) is 61.8 Å². The third kappa shape index (κ3) is 5.26. The Balaban J connectivity index is 1.88. The van der Waals surface area contributed by atoms with E-state index < -0.39 is 0 Å². The van der Waals surface area contributed by atoms with Gasteiger partial charge in [0, 0.05) is 51.4 Å². The smallest absolute Gasteiger partial charge is 0.277 e. The maximum atomic E-state index is 13.4. The van der Waals surface area contributed by atoms with E-state index in [1.165, 1.54) is 4.90 Å². The fourth-order valence-corrected chi connectivity index (χ4v) is 4.03. The molecular weight excluding hydrogens is 398 g/mol. The number of carbonyl (C=O) groups excluding carboxylic acids is 2. The number of carbonyl (C=O) groups is 2. The SMILES string of the molecule is COc1ccccc1C1=C(N2CCN(CCO)CC2)C(=O)N(CCCOC(C)C)C1=O. The Kier molecular flexibility index (Phi) is 8.06. The molecule has 8 heteroatoms. The van der Waals surface area contributed by atoms with Crippen LogP contribution in [-0.2, 0) is 14.3 Å². The van der Waals surface area contributed by atoms with Crippen LogP contribution >= 0.6 is 0 Å². The number of ether oxygens (including phenoxy) is 2. The van der Waals surface area contributed by atoms with E-state index in [2.05, 4.69) is 4.90 Å². The van der Waals surface area contributed by atoms with Crippen LogP contribution in [0.25, 0.3) is 5.57 Å². The minimum Gasteiger partial charge on any atom is -0.496 e. The van der Waals surface area contributed by atoms with Gasteiger partial charge >= 0.3 is 0 Å². The third-order valence-corrected chi connectivity index (χ3v) is 5.60. The Morgan fingerprint density at radius 1 is 1.03 bits per heavy atom. The van der Waals surface area contributed by atoms with Crippen molar-refractivity contribution in [1.82, 2.24) is 14.7 Å². The van der Waals surface area contributed by atoms with Crippen molar-refractivity contribution in [1.29, 1.82) is 0 Å². The summed E-state index contributed by atoms with van der Waals surface area (Å²) in [7, 11) is 1.56. The quantitative estimate of drug-likeness (QED) is 0.440. The average molecular weight is 432 g/mol. The van der Waals surface area contributed by atoms with Crippen molar-refractivity contribution in [2.24, 2.45) is 0 Å². The van der Waals surface area contributed by atoms with Crippen LogP contribution in [0.4, 0.5) is 0 Å². The number of para-hydroxylation sites is 1. The number of aliphatic hydroxyl groups is 1. The van der Waals surface area contributed by atoms with Gasteiger partial charge in [0.1, 0.15) is 11.4 Å². The van der Waals surface area contributed by atoms with E-state index in [4.69, 9.17) is 9.47 Å². The van der Waals surface area contributed by atoms with Crippen molar-refractivity contribution in [3.63, 3.8) is 0 Å². The van der Waals surface area contributed by atoms with Crippen LogP contribution < -0.4 is 4.74 Å².